The van der Waals surface area contributed by atoms with Gasteiger partial charge in [-0.3, -0.25) is 0 Å². The zero-order valence-electron chi connectivity index (χ0n) is 10.7. The van der Waals surface area contributed by atoms with Crippen LogP contribution in [0.4, 0.5) is 0 Å². The Bertz CT molecular complexity index is 349. The predicted octanol–water partition coefficient (Wildman–Crippen LogP) is 3.84. The first-order chi connectivity index (χ1) is 7.56. The van der Waals surface area contributed by atoms with Gasteiger partial charge in [-0.2, -0.15) is 0 Å². The highest BCUT2D eigenvalue weighted by Gasteiger charge is 2.22. The summed E-state index contributed by atoms with van der Waals surface area (Å²) in [5, 5.41) is 3.75. The normalized spacial score (nSPS) is 21.3. The van der Waals surface area contributed by atoms with E-state index in [1.807, 2.05) is 0 Å². The van der Waals surface area contributed by atoms with Gasteiger partial charge in [0.25, 0.3) is 0 Å². The van der Waals surface area contributed by atoms with Crippen LogP contribution in [0, 0.1) is 0 Å². The van der Waals surface area contributed by atoms with Crippen LogP contribution in [-0.4, -0.2) is 5.54 Å². The van der Waals surface area contributed by atoms with E-state index in [1.54, 1.807) is 5.56 Å². The number of aryl methyl sites for hydroxylation is 1. The van der Waals surface area contributed by atoms with Gasteiger partial charge in [0.05, 0.1) is 0 Å². The fraction of sp³-hybridized carbons (Fsp3) is 0.600. The van der Waals surface area contributed by atoms with Crippen LogP contribution in [0.5, 0.6) is 0 Å². The van der Waals surface area contributed by atoms with Crippen molar-refractivity contribution in [2.24, 2.45) is 0 Å². The molecular weight excluding hydrogens is 194 g/mol. The molecule has 2 rings (SSSR count). The molecule has 0 amide bonds. The summed E-state index contributed by atoms with van der Waals surface area (Å²) in [6, 6.07) is 9.46. The molecule has 88 valence electrons. The first-order valence-corrected chi connectivity index (χ1v) is 6.42. The molecule has 1 aliphatic rings. The van der Waals surface area contributed by atoms with E-state index in [0.717, 1.165) is 0 Å². The standard InChI is InChI=1S/C15H23N/c1-15(2,3)16-14-11-7-5-9-12-8-4-6-10-13(12)14/h4,6,8,10,14,16H,5,7,9,11H2,1-3H3. The molecule has 1 N–H and O–H groups in total. The number of rotatable bonds is 1. The Kier molecular flexibility index (Phi) is 3.34. The van der Waals surface area contributed by atoms with Crippen LogP contribution < -0.4 is 5.32 Å². The lowest BCUT2D eigenvalue weighted by Crippen LogP contribution is -2.38. The van der Waals surface area contributed by atoms with E-state index in [4.69, 9.17) is 0 Å². The molecule has 1 unspecified atom stereocenters. The van der Waals surface area contributed by atoms with E-state index < -0.39 is 0 Å². The zero-order valence-corrected chi connectivity index (χ0v) is 10.7. The first-order valence-electron chi connectivity index (χ1n) is 6.42. The first kappa shape index (κ1) is 11.7. The summed E-state index contributed by atoms with van der Waals surface area (Å²) in [5.74, 6) is 0. The van der Waals surface area contributed by atoms with Crippen molar-refractivity contribution in [3.63, 3.8) is 0 Å². The fourth-order valence-electron chi connectivity index (χ4n) is 2.59. The molecule has 1 aliphatic carbocycles. The Balaban J connectivity index is 2.26. The van der Waals surface area contributed by atoms with Gasteiger partial charge >= 0.3 is 0 Å². The number of hydrogen-bond acceptors (Lipinski definition) is 1. The average Bonchev–Trinajstić information content (AvgIpc) is 2.39. The largest absolute Gasteiger partial charge is 0.305 e. The second-order valence-corrected chi connectivity index (χ2v) is 5.89. The molecule has 1 heteroatoms. The van der Waals surface area contributed by atoms with Gasteiger partial charge in [0, 0.05) is 11.6 Å². The van der Waals surface area contributed by atoms with Crippen LogP contribution >= 0.6 is 0 Å². The quantitative estimate of drug-likeness (QED) is 0.705. The molecule has 0 spiro atoms. The van der Waals surface area contributed by atoms with Crippen molar-refractivity contribution in [3.05, 3.63) is 35.4 Å². The highest BCUT2D eigenvalue weighted by Crippen LogP contribution is 2.29. The Morgan fingerprint density at radius 2 is 1.88 bits per heavy atom. The van der Waals surface area contributed by atoms with Crippen LogP contribution in [0.2, 0.25) is 0 Å². The van der Waals surface area contributed by atoms with Crippen LogP contribution in [0.25, 0.3) is 0 Å². The van der Waals surface area contributed by atoms with Crippen LogP contribution in [0.1, 0.15) is 57.2 Å². The average molecular weight is 217 g/mol. The maximum atomic E-state index is 3.75. The Labute approximate surface area is 99.3 Å². The lowest BCUT2D eigenvalue weighted by Gasteiger charge is -2.29. The zero-order chi connectivity index (χ0) is 11.6. The molecule has 0 bridgehead atoms. The number of fused-ring (bicyclic) bond motifs is 1. The summed E-state index contributed by atoms with van der Waals surface area (Å²) in [6.45, 7) is 6.75. The van der Waals surface area contributed by atoms with Gasteiger partial charge in [-0.1, -0.05) is 30.7 Å². The third kappa shape index (κ3) is 2.85. The van der Waals surface area contributed by atoms with Gasteiger partial charge in [0.15, 0.2) is 0 Å². The number of hydrogen-bond donors (Lipinski definition) is 1. The summed E-state index contributed by atoms with van der Waals surface area (Å²) in [7, 11) is 0. The molecule has 0 heterocycles. The summed E-state index contributed by atoms with van der Waals surface area (Å²) in [5.41, 5.74) is 3.26. The minimum absolute atomic E-state index is 0.197. The topological polar surface area (TPSA) is 12.0 Å². The minimum Gasteiger partial charge on any atom is -0.305 e. The molecule has 0 aliphatic heterocycles. The van der Waals surface area contributed by atoms with Gasteiger partial charge in [0.2, 0.25) is 0 Å². The smallest absolute Gasteiger partial charge is 0.0327 e. The van der Waals surface area contributed by atoms with Gasteiger partial charge in [0.1, 0.15) is 0 Å². The van der Waals surface area contributed by atoms with Gasteiger partial charge in [-0.15, -0.1) is 0 Å². The molecule has 1 nitrogen and oxygen atoms in total. The summed E-state index contributed by atoms with van der Waals surface area (Å²) < 4.78 is 0. The monoisotopic (exact) mass is 217 g/mol. The molecule has 0 saturated heterocycles. The van der Waals surface area contributed by atoms with E-state index in [2.05, 4.69) is 50.4 Å². The van der Waals surface area contributed by atoms with E-state index in [9.17, 15) is 0 Å². The number of benzene rings is 1. The molecule has 1 atom stereocenters. The molecular formula is C15H23N. The van der Waals surface area contributed by atoms with Crippen molar-refractivity contribution in [1.82, 2.24) is 5.32 Å². The fourth-order valence-corrected chi connectivity index (χ4v) is 2.59. The molecule has 0 fully saturated rings. The Hall–Kier alpha value is -0.820. The third-order valence-electron chi connectivity index (χ3n) is 3.23. The predicted molar refractivity (Wildman–Crippen MR) is 69.6 cm³/mol. The van der Waals surface area contributed by atoms with E-state index >= 15 is 0 Å². The minimum atomic E-state index is 0.197. The Morgan fingerprint density at radius 1 is 1.12 bits per heavy atom. The SMILES string of the molecule is CC(C)(C)NC1CCCCc2ccccc21. The van der Waals surface area contributed by atoms with E-state index in [-0.39, 0.29) is 5.54 Å². The molecule has 0 radical (unpaired) electrons. The van der Waals surface area contributed by atoms with Crippen LogP contribution in [-0.2, 0) is 6.42 Å². The third-order valence-corrected chi connectivity index (χ3v) is 3.23. The maximum absolute atomic E-state index is 3.75. The summed E-state index contributed by atoms with van der Waals surface area (Å²) in [4.78, 5) is 0. The molecule has 0 aromatic heterocycles. The lowest BCUT2D eigenvalue weighted by atomic mass is 9.96. The van der Waals surface area contributed by atoms with Gasteiger partial charge in [-0.25, -0.2) is 0 Å². The van der Waals surface area contributed by atoms with Crippen molar-refractivity contribution in [2.75, 3.05) is 0 Å². The summed E-state index contributed by atoms with van der Waals surface area (Å²) >= 11 is 0. The van der Waals surface area contributed by atoms with Crippen LogP contribution in [0.3, 0.4) is 0 Å². The Morgan fingerprint density at radius 3 is 2.62 bits per heavy atom. The number of nitrogens with one attached hydrogen (secondary N) is 1. The van der Waals surface area contributed by atoms with E-state index in [1.165, 1.54) is 31.2 Å². The molecule has 16 heavy (non-hydrogen) atoms. The second-order valence-electron chi connectivity index (χ2n) is 5.89. The molecule has 1 aromatic carbocycles. The van der Waals surface area contributed by atoms with Crippen molar-refractivity contribution in [3.8, 4) is 0 Å². The van der Waals surface area contributed by atoms with E-state index in [0.29, 0.717) is 6.04 Å². The van der Waals surface area contributed by atoms with Crippen molar-refractivity contribution < 1.29 is 0 Å². The highest BCUT2D eigenvalue weighted by atomic mass is 15.0. The maximum Gasteiger partial charge on any atom is 0.0327 e. The van der Waals surface area contributed by atoms with Crippen molar-refractivity contribution >= 4 is 0 Å². The van der Waals surface area contributed by atoms with Gasteiger partial charge in [-0.05, 0) is 51.2 Å². The molecule has 1 aromatic rings. The van der Waals surface area contributed by atoms with Crippen molar-refractivity contribution in [2.45, 2.75) is 58.0 Å². The van der Waals surface area contributed by atoms with Crippen molar-refractivity contribution in [1.29, 1.82) is 0 Å². The highest BCUT2D eigenvalue weighted by molar-refractivity contribution is 5.31. The second kappa shape index (κ2) is 4.58. The van der Waals surface area contributed by atoms with Crippen LogP contribution in [0.15, 0.2) is 24.3 Å². The lowest BCUT2D eigenvalue weighted by molar-refractivity contribution is 0.348. The van der Waals surface area contributed by atoms with Gasteiger partial charge < -0.3 is 5.32 Å². The molecule has 0 saturated carbocycles. The summed E-state index contributed by atoms with van der Waals surface area (Å²) in [6.07, 6.45) is 5.19.